The van der Waals surface area contributed by atoms with Crippen LogP contribution in [0.5, 0.6) is 5.75 Å². The van der Waals surface area contributed by atoms with E-state index in [9.17, 15) is 4.79 Å². The Balaban J connectivity index is 1.95. The number of carbonyl (C=O) groups is 1. The predicted octanol–water partition coefficient (Wildman–Crippen LogP) is 4.60. The van der Waals surface area contributed by atoms with Gasteiger partial charge in [-0.2, -0.15) is 0 Å². The summed E-state index contributed by atoms with van der Waals surface area (Å²) in [6.07, 6.45) is -0.127. The zero-order valence-corrected chi connectivity index (χ0v) is 16.2. The zero-order chi connectivity index (χ0) is 19.4. The van der Waals surface area contributed by atoms with Crippen molar-refractivity contribution in [1.82, 2.24) is 4.90 Å². The zero-order valence-electron chi connectivity index (χ0n) is 16.2. The van der Waals surface area contributed by atoms with E-state index in [-0.39, 0.29) is 12.1 Å². The maximum absolute atomic E-state index is 12.3. The summed E-state index contributed by atoms with van der Waals surface area (Å²) in [6, 6.07) is 15.7. The first kappa shape index (κ1) is 19.0. The van der Waals surface area contributed by atoms with Crippen molar-refractivity contribution in [3.05, 3.63) is 65.4 Å². The van der Waals surface area contributed by atoms with Crippen molar-refractivity contribution < 1.29 is 18.7 Å². The summed E-state index contributed by atoms with van der Waals surface area (Å²) in [6.45, 7) is 4.61. The predicted molar refractivity (Wildman–Crippen MR) is 105 cm³/mol. The van der Waals surface area contributed by atoms with Crippen LogP contribution in [0, 0.1) is 6.92 Å². The molecule has 2 aromatic carbocycles. The largest absolute Gasteiger partial charge is 0.484 e. The van der Waals surface area contributed by atoms with Gasteiger partial charge in [0.05, 0.1) is 6.61 Å². The number of aryl methyl sites for hydroxylation is 1. The average Bonchev–Trinajstić information content (AvgIpc) is 2.97. The average molecular weight is 367 g/mol. The molecule has 5 nitrogen and oxygen atoms in total. The van der Waals surface area contributed by atoms with Gasteiger partial charge in [-0.15, -0.1) is 0 Å². The standard InChI is InChI=1S/C22H25NO4/c1-5-25-22(24)21-15(2)26-19-12-11-17(13-18(19)21)27-20(14-23(3)4)16-9-7-6-8-10-16/h6-13,20H,5,14H2,1-4H3. The summed E-state index contributed by atoms with van der Waals surface area (Å²) in [4.78, 5) is 14.4. The highest BCUT2D eigenvalue weighted by molar-refractivity contribution is 6.04. The number of hydrogen-bond acceptors (Lipinski definition) is 5. The molecule has 3 aromatic rings. The van der Waals surface area contributed by atoms with Crippen LogP contribution >= 0.6 is 0 Å². The summed E-state index contributed by atoms with van der Waals surface area (Å²) in [7, 11) is 4.03. The monoisotopic (exact) mass is 367 g/mol. The summed E-state index contributed by atoms with van der Waals surface area (Å²) >= 11 is 0. The first-order valence-corrected chi connectivity index (χ1v) is 9.06. The van der Waals surface area contributed by atoms with Crippen molar-refractivity contribution >= 4 is 16.9 Å². The molecule has 0 N–H and O–H groups in total. The van der Waals surface area contributed by atoms with E-state index in [0.717, 1.165) is 12.1 Å². The topological polar surface area (TPSA) is 51.9 Å². The minimum atomic E-state index is -0.376. The molecule has 1 atom stereocenters. The number of rotatable bonds is 7. The van der Waals surface area contributed by atoms with Crippen LogP contribution in [-0.2, 0) is 4.74 Å². The number of furan rings is 1. The first-order chi connectivity index (χ1) is 13.0. The van der Waals surface area contributed by atoms with Crippen LogP contribution in [0.25, 0.3) is 11.0 Å². The molecule has 142 valence electrons. The Labute approximate surface area is 159 Å². The second-order valence-electron chi connectivity index (χ2n) is 6.69. The Morgan fingerprint density at radius 1 is 1.15 bits per heavy atom. The van der Waals surface area contributed by atoms with E-state index in [1.165, 1.54) is 0 Å². The molecule has 0 amide bonds. The van der Waals surface area contributed by atoms with Crippen molar-refractivity contribution in [2.45, 2.75) is 20.0 Å². The molecule has 0 fully saturated rings. The van der Waals surface area contributed by atoms with Crippen molar-refractivity contribution in [1.29, 1.82) is 0 Å². The second kappa shape index (κ2) is 8.27. The summed E-state index contributed by atoms with van der Waals surface area (Å²) < 4.78 is 17.2. The van der Waals surface area contributed by atoms with Crippen molar-refractivity contribution in [3.63, 3.8) is 0 Å². The molecule has 1 unspecified atom stereocenters. The lowest BCUT2D eigenvalue weighted by Gasteiger charge is -2.23. The van der Waals surface area contributed by atoms with Crippen molar-refractivity contribution in [2.75, 3.05) is 27.2 Å². The van der Waals surface area contributed by atoms with Crippen LogP contribution in [0.3, 0.4) is 0 Å². The Morgan fingerprint density at radius 3 is 2.56 bits per heavy atom. The third-order valence-electron chi connectivity index (χ3n) is 4.30. The van der Waals surface area contributed by atoms with Crippen LogP contribution in [0.15, 0.2) is 52.9 Å². The first-order valence-electron chi connectivity index (χ1n) is 9.06. The third kappa shape index (κ3) is 4.31. The van der Waals surface area contributed by atoms with Gasteiger partial charge in [0.15, 0.2) is 0 Å². The smallest absolute Gasteiger partial charge is 0.342 e. The highest BCUT2D eigenvalue weighted by Gasteiger charge is 2.21. The van der Waals surface area contributed by atoms with Gasteiger partial charge >= 0.3 is 5.97 Å². The van der Waals surface area contributed by atoms with Gasteiger partial charge in [-0.05, 0) is 51.7 Å². The minimum Gasteiger partial charge on any atom is -0.484 e. The van der Waals surface area contributed by atoms with E-state index < -0.39 is 0 Å². The molecule has 0 aliphatic carbocycles. The van der Waals surface area contributed by atoms with Gasteiger partial charge in [0.1, 0.15) is 28.8 Å². The van der Waals surface area contributed by atoms with Crippen LogP contribution in [0.4, 0.5) is 0 Å². The number of esters is 1. The lowest BCUT2D eigenvalue weighted by Crippen LogP contribution is -2.24. The lowest BCUT2D eigenvalue weighted by atomic mass is 10.1. The van der Waals surface area contributed by atoms with E-state index in [0.29, 0.717) is 34.6 Å². The van der Waals surface area contributed by atoms with E-state index in [2.05, 4.69) is 17.0 Å². The molecule has 0 aliphatic rings. The van der Waals surface area contributed by atoms with Gasteiger partial charge in [0.25, 0.3) is 0 Å². The van der Waals surface area contributed by atoms with Crippen molar-refractivity contribution in [2.24, 2.45) is 0 Å². The SMILES string of the molecule is CCOC(=O)c1c(C)oc2ccc(OC(CN(C)C)c3ccccc3)cc12. The Kier molecular flexibility index (Phi) is 5.81. The minimum absolute atomic E-state index is 0.127. The number of benzene rings is 2. The molecule has 5 heteroatoms. The number of hydrogen-bond donors (Lipinski definition) is 0. The molecule has 0 aliphatic heterocycles. The Morgan fingerprint density at radius 2 is 1.89 bits per heavy atom. The second-order valence-corrected chi connectivity index (χ2v) is 6.69. The van der Waals surface area contributed by atoms with Gasteiger partial charge in [0, 0.05) is 11.9 Å². The van der Waals surface area contributed by atoms with Gasteiger partial charge in [-0.3, -0.25) is 0 Å². The number of carbonyl (C=O) groups excluding carboxylic acids is 1. The molecule has 1 heterocycles. The fraction of sp³-hybridized carbons (Fsp3) is 0.318. The molecule has 0 saturated carbocycles. The Bertz CT molecular complexity index is 915. The molecule has 27 heavy (non-hydrogen) atoms. The Hall–Kier alpha value is -2.79. The summed E-state index contributed by atoms with van der Waals surface area (Å²) in [5, 5.41) is 0.708. The van der Waals surface area contributed by atoms with E-state index in [1.54, 1.807) is 13.8 Å². The summed E-state index contributed by atoms with van der Waals surface area (Å²) in [5.74, 6) is 0.858. The quantitative estimate of drug-likeness (QED) is 0.571. The summed E-state index contributed by atoms with van der Waals surface area (Å²) in [5.41, 5.74) is 2.20. The highest BCUT2D eigenvalue weighted by atomic mass is 16.5. The highest BCUT2D eigenvalue weighted by Crippen LogP contribution is 2.31. The normalized spacial score (nSPS) is 12.3. The van der Waals surface area contributed by atoms with Gasteiger partial charge in [-0.1, -0.05) is 30.3 Å². The third-order valence-corrected chi connectivity index (χ3v) is 4.30. The maximum Gasteiger partial charge on any atom is 0.342 e. The molecule has 0 radical (unpaired) electrons. The maximum atomic E-state index is 12.3. The van der Waals surface area contributed by atoms with E-state index in [4.69, 9.17) is 13.9 Å². The number of fused-ring (bicyclic) bond motifs is 1. The van der Waals surface area contributed by atoms with Crippen molar-refractivity contribution in [3.8, 4) is 5.75 Å². The fourth-order valence-corrected chi connectivity index (χ4v) is 3.10. The fourth-order valence-electron chi connectivity index (χ4n) is 3.10. The van der Waals surface area contributed by atoms with E-state index in [1.807, 2.05) is 50.5 Å². The molecular formula is C22H25NO4. The van der Waals surface area contributed by atoms with Gasteiger partial charge in [-0.25, -0.2) is 4.79 Å². The molecule has 3 rings (SSSR count). The van der Waals surface area contributed by atoms with Crippen LogP contribution < -0.4 is 4.74 Å². The number of likely N-dealkylation sites (N-methyl/N-ethyl adjacent to an activating group) is 1. The van der Waals surface area contributed by atoms with Gasteiger partial charge in [0.2, 0.25) is 0 Å². The molecule has 0 saturated heterocycles. The lowest BCUT2D eigenvalue weighted by molar-refractivity contribution is 0.0526. The van der Waals surface area contributed by atoms with Crippen LogP contribution in [0.2, 0.25) is 0 Å². The molecule has 1 aromatic heterocycles. The van der Waals surface area contributed by atoms with Gasteiger partial charge < -0.3 is 18.8 Å². The van der Waals surface area contributed by atoms with E-state index >= 15 is 0 Å². The molecular weight excluding hydrogens is 342 g/mol. The van der Waals surface area contributed by atoms with Crippen LogP contribution in [-0.4, -0.2) is 38.1 Å². The van der Waals surface area contributed by atoms with Crippen LogP contribution in [0.1, 0.15) is 34.7 Å². The molecule has 0 spiro atoms. The number of ether oxygens (including phenoxy) is 2. The number of nitrogens with zero attached hydrogens (tertiary/aromatic N) is 1. The molecule has 0 bridgehead atoms.